The molecule has 1 aromatic heterocycles. The molecule has 0 saturated carbocycles. The first-order valence-corrected chi connectivity index (χ1v) is 6.53. The molecule has 3 rings (SSSR count). The van der Waals surface area contributed by atoms with Crippen LogP contribution in [0.2, 0.25) is 0 Å². The lowest BCUT2D eigenvalue weighted by molar-refractivity contribution is 0.0429. The molecule has 0 radical (unpaired) electrons. The van der Waals surface area contributed by atoms with Crippen molar-refractivity contribution in [3.63, 3.8) is 0 Å². The van der Waals surface area contributed by atoms with Crippen LogP contribution in [-0.4, -0.2) is 39.0 Å². The van der Waals surface area contributed by atoms with E-state index in [1.165, 1.54) is 19.3 Å². The fourth-order valence-corrected chi connectivity index (χ4v) is 3.70. The van der Waals surface area contributed by atoms with E-state index in [1.807, 2.05) is 12.5 Å². The summed E-state index contributed by atoms with van der Waals surface area (Å²) in [6.07, 6.45) is 10.7. The SMILES string of the molecule is CN1C2CCC(Cl)C1CC(n1ccnc1)C2. The Morgan fingerprint density at radius 3 is 2.88 bits per heavy atom. The van der Waals surface area contributed by atoms with Gasteiger partial charge in [-0.1, -0.05) is 0 Å². The predicted octanol–water partition coefficient (Wildman–Crippen LogP) is 2.29. The maximum absolute atomic E-state index is 6.44. The standard InChI is InChI=1S/C12H18ClN3/c1-15-9-2-3-11(13)12(15)7-10(6-9)16-5-4-14-8-16/h4-5,8-12H,2-3,6-7H2,1H3. The van der Waals surface area contributed by atoms with Gasteiger partial charge < -0.3 is 4.57 Å². The number of fused-ring (bicyclic) bond motifs is 2. The zero-order valence-electron chi connectivity index (χ0n) is 9.59. The highest BCUT2D eigenvalue weighted by molar-refractivity contribution is 6.21. The monoisotopic (exact) mass is 239 g/mol. The summed E-state index contributed by atoms with van der Waals surface area (Å²) in [5.41, 5.74) is 0. The lowest BCUT2D eigenvalue weighted by Crippen LogP contribution is -2.54. The van der Waals surface area contributed by atoms with Crippen LogP contribution in [0.1, 0.15) is 31.7 Å². The number of nitrogens with zero attached hydrogens (tertiary/aromatic N) is 3. The molecular weight excluding hydrogens is 222 g/mol. The number of halogens is 1. The van der Waals surface area contributed by atoms with Crippen molar-refractivity contribution < 1.29 is 0 Å². The maximum atomic E-state index is 6.44. The van der Waals surface area contributed by atoms with Crippen LogP contribution in [0, 0.1) is 0 Å². The molecule has 4 unspecified atom stereocenters. The Hall–Kier alpha value is -0.540. The Morgan fingerprint density at radius 2 is 2.12 bits per heavy atom. The number of piperidine rings is 2. The van der Waals surface area contributed by atoms with Gasteiger partial charge in [0.25, 0.3) is 0 Å². The molecule has 0 aromatic carbocycles. The van der Waals surface area contributed by atoms with E-state index in [2.05, 4.69) is 27.7 Å². The van der Waals surface area contributed by atoms with Crippen molar-refractivity contribution in [3.8, 4) is 0 Å². The smallest absolute Gasteiger partial charge is 0.0948 e. The lowest BCUT2D eigenvalue weighted by atomic mass is 9.82. The zero-order chi connectivity index (χ0) is 11.1. The van der Waals surface area contributed by atoms with Crippen molar-refractivity contribution >= 4 is 11.6 Å². The van der Waals surface area contributed by atoms with Crippen molar-refractivity contribution in [2.45, 2.75) is 49.2 Å². The molecule has 3 heterocycles. The topological polar surface area (TPSA) is 21.1 Å². The molecule has 1 aromatic rings. The minimum absolute atomic E-state index is 0.326. The Balaban J connectivity index is 1.82. The number of aromatic nitrogens is 2. The summed E-state index contributed by atoms with van der Waals surface area (Å²) in [6, 6.07) is 1.85. The fourth-order valence-electron chi connectivity index (χ4n) is 3.29. The zero-order valence-corrected chi connectivity index (χ0v) is 10.3. The van der Waals surface area contributed by atoms with Crippen LogP contribution in [0.15, 0.2) is 18.7 Å². The number of hydrogen-bond acceptors (Lipinski definition) is 2. The maximum Gasteiger partial charge on any atom is 0.0948 e. The summed E-state index contributed by atoms with van der Waals surface area (Å²) in [5.74, 6) is 0. The Morgan fingerprint density at radius 1 is 1.25 bits per heavy atom. The van der Waals surface area contributed by atoms with Crippen molar-refractivity contribution in [1.82, 2.24) is 14.5 Å². The minimum atomic E-state index is 0.326. The molecule has 2 aliphatic rings. The van der Waals surface area contributed by atoms with Gasteiger partial charge in [-0.2, -0.15) is 0 Å². The van der Waals surface area contributed by atoms with Gasteiger partial charge in [0.1, 0.15) is 0 Å². The first kappa shape index (κ1) is 10.6. The van der Waals surface area contributed by atoms with E-state index in [4.69, 9.17) is 11.6 Å². The van der Waals surface area contributed by atoms with Gasteiger partial charge in [-0.3, -0.25) is 4.90 Å². The van der Waals surface area contributed by atoms with E-state index >= 15 is 0 Å². The molecule has 2 bridgehead atoms. The van der Waals surface area contributed by atoms with Crippen molar-refractivity contribution in [3.05, 3.63) is 18.7 Å². The lowest BCUT2D eigenvalue weighted by Gasteiger charge is -2.49. The van der Waals surface area contributed by atoms with E-state index in [-0.39, 0.29) is 0 Å². The molecule has 2 saturated heterocycles. The quantitative estimate of drug-likeness (QED) is 0.702. The molecule has 88 valence electrons. The van der Waals surface area contributed by atoms with Crippen LogP contribution >= 0.6 is 11.6 Å². The molecule has 2 aliphatic heterocycles. The molecule has 0 N–H and O–H groups in total. The second-order valence-corrected chi connectivity index (χ2v) is 5.68. The van der Waals surface area contributed by atoms with Gasteiger partial charge in [-0.25, -0.2) is 4.98 Å². The fraction of sp³-hybridized carbons (Fsp3) is 0.750. The van der Waals surface area contributed by atoms with Crippen LogP contribution in [0.4, 0.5) is 0 Å². The molecule has 3 nitrogen and oxygen atoms in total. The Labute approximate surface area is 101 Å². The summed E-state index contributed by atoms with van der Waals surface area (Å²) in [5, 5.41) is 0.326. The molecule has 4 atom stereocenters. The van der Waals surface area contributed by atoms with E-state index in [0.717, 1.165) is 6.42 Å². The number of alkyl halides is 1. The van der Waals surface area contributed by atoms with Crippen LogP contribution in [0.25, 0.3) is 0 Å². The third-order valence-corrected chi connectivity index (χ3v) is 4.81. The number of imidazole rings is 1. The van der Waals surface area contributed by atoms with Gasteiger partial charge in [-0.05, 0) is 32.7 Å². The molecule has 0 amide bonds. The Bertz CT molecular complexity index is 351. The van der Waals surface area contributed by atoms with Crippen LogP contribution in [0.5, 0.6) is 0 Å². The molecular formula is C12H18ClN3. The molecule has 0 spiro atoms. The van der Waals surface area contributed by atoms with Crippen LogP contribution in [0.3, 0.4) is 0 Å². The van der Waals surface area contributed by atoms with Gasteiger partial charge in [-0.15, -0.1) is 11.6 Å². The van der Waals surface area contributed by atoms with Crippen LogP contribution in [-0.2, 0) is 0 Å². The predicted molar refractivity (Wildman–Crippen MR) is 64.7 cm³/mol. The normalized spacial score (nSPS) is 39.9. The first-order chi connectivity index (χ1) is 7.75. The third kappa shape index (κ3) is 1.66. The second kappa shape index (κ2) is 4.04. The second-order valence-electron chi connectivity index (χ2n) is 5.12. The van der Waals surface area contributed by atoms with Crippen molar-refractivity contribution in [1.29, 1.82) is 0 Å². The van der Waals surface area contributed by atoms with E-state index < -0.39 is 0 Å². The minimum Gasteiger partial charge on any atom is -0.334 e. The van der Waals surface area contributed by atoms with Gasteiger partial charge in [0, 0.05) is 35.9 Å². The third-order valence-electron chi connectivity index (χ3n) is 4.30. The Kier molecular flexibility index (Phi) is 2.68. The summed E-state index contributed by atoms with van der Waals surface area (Å²) in [7, 11) is 2.23. The summed E-state index contributed by atoms with van der Waals surface area (Å²) in [6.45, 7) is 0. The van der Waals surface area contributed by atoms with Gasteiger partial charge in [0.05, 0.1) is 6.33 Å². The highest BCUT2D eigenvalue weighted by Crippen LogP contribution is 2.39. The van der Waals surface area contributed by atoms with Gasteiger partial charge in [0.15, 0.2) is 0 Å². The van der Waals surface area contributed by atoms with Gasteiger partial charge >= 0.3 is 0 Å². The highest BCUT2D eigenvalue weighted by atomic mass is 35.5. The summed E-state index contributed by atoms with van der Waals surface area (Å²) >= 11 is 6.44. The van der Waals surface area contributed by atoms with Crippen molar-refractivity contribution in [2.24, 2.45) is 0 Å². The molecule has 2 fully saturated rings. The largest absolute Gasteiger partial charge is 0.334 e. The number of rotatable bonds is 1. The molecule has 4 heteroatoms. The van der Waals surface area contributed by atoms with Gasteiger partial charge in [0.2, 0.25) is 0 Å². The average Bonchev–Trinajstić information content (AvgIpc) is 2.77. The summed E-state index contributed by atoms with van der Waals surface area (Å²) in [4.78, 5) is 6.64. The van der Waals surface area contributed by atoms with Crippen molar-refractivity contribution in [2.75, 3.05) is 7.05 Å². The summed E-state index contributed by atoms with van der Waals surface area (Å²) < 4.78 is 2.25. The van der Waals surface area contributed by atoms with Crippen LogP contribution < -0.4 is 0 Å². The van der Waals surface area contributed by atoms with E-state index in [9.17, 15) is 0 Å². The number of hydrogen-bond donors (Lipinski definition) is 0. The van der Waals surface area contributed by atoms with E-state index in [0.29, 0.717) is 23.5 Å². The molecule has 0 aliphatic carbocycles. The molecule has 16 heavy (non-hydrogen) atoms. The average molecular weight is 240 g/mol. The van der Waals surface area contributed by atoms with E-state index in [1.54, 1.807) is 0 Å². The highest BCUT2D eigenvalue weighted by Gasteiger charge is 2.40. The first-order valence-electron chi connectivity index (χ1n) is 6.09.